The zero-order valence-corrected chi connectivity index (χ0v) is 22.5. The third-order valence-electron chi connectivity index (χ3n) is 6.88. The first-order valence-corrected chi connectivity index (χ1v) is 12.9. The maximum Gasteiger partial charge on any atom is 0.309 e. The molecule has 1 saturated carbocycles. The first-order valence-electron chi connectivity index (χ1n) is 12.9. The van der Waals surface area contributed by atoms with Gasteiger partial charge in [-0.2, -0.15) is 10.4 Å². The van der Waals surface area contributed by atoms with Crippen LogP contribution in [0.5, 0.6) is 0 Å². The molecule has 1 aliphatic rings. The van der Waals surface area contributed by atoms with Gasteiger partial charge in [-0.15, -0.1) is 0 Å². The maximum absolute atomic E-state index is 14.6. The smallest absolute Gasteiger partial charge is 0.309 e. The number of halogens is 1. The summed E-state index contributed by atoms with van der Waals surface area (Å²) in [6.45, 7) is 7.68. The largest absolute Gasteiger partial charge is 0.466 e. The van der Waals surface area contributed by atoms with Crippen LogP contribution in [-0.2, 0) is 20.9 Å². The second-order valence-electron chi connectivity index (χ2n) is 10.8. The second-order valence-corrected chi connectivity index (χ2v) is 10.8. The number of benzene rings is 2. The SMILES string of the molecule is CCOC(=O)C1CC(NC(=O)C(NC(=O)c2nn(Cc3ccc(C#N)cc3F)c3ccccc23)C(C)(C)C)C1. The van der Waals surface area contributed by atoms with Gasteiger partial charge in [0.25, 0.3) is 5.91 Å². The maximum atomic E-state index is 14.6. The van der Waals surface area contributed by atoms with Crippen molar-refractivity contribution in [1.29, 1.82) is 5.26 Å². The Bertz CT molecular complexity index is 1450. The Kier molecular flexibility index (Phi) is 8.00. The van der Waals surface area contributed by atoms with Crippen molar-refractivity contribution in [3.05, 3.63) is 65.1 Å². The third kappa shape index (κ3) is 6.08. The van der Waals surface area contributed by atoms with Gasteiger partial charge in [0, 0.05) is 17.0 Å². The molecule has 1 heterocycles. The van der Waals surface area contributed by atoms with Crippen LogP contribution >= 0.6 is 0 Å². The summed E-state index contributed by atoms with van der Waals surface area (Å²) in [5, 5.41) is 19.9. The molecule has 0 saturated heterocycles. The van der Waals surface area contributed by atoms with Gasteiger partial charge in [-0.3, -0.25) is 19.1 Å². The van der Waals surface area contributed by atoms with Crippen LogP contribution in [0.15, 0.2) is 42.5 Å². The predicted octanol–water partition coefficient (Wildman–Crippen LogP) is 3.70. The summed E-state index contributed by atoms with van der Waals surface area (Å²) in [4.78, 5) is 38.6. The van der Waals surface area contributed by atoms with E-state index in [0.717, 1.165) is 6.07 Å². The van der Waals surface area contributed by atoms with Crippen molar-refractivity contribution >= 4 is 28.7 Å². The van der Waals surface area contributed by atoms with Crippen molar-refractivity contribution in [2.24, 2.45) is 11.3 Å². The van der Waals surface area contributed by atoms with E-state index in [1.165, 1.54) is 16.8 Å². The Hall–Kier alpha value is -4.26. The summed E-state index contributed by atoms with van der Waals surface area (Å²) in [6.07, 6.45) is 0.993. The van der Waals surface area contributed by atoms with Crippen LogP contribution in [0.2, 0.25) is 0 Å². The molecule has 3 aromatic rings. The number of ether oxygens (including phenoxy) is 1. The first kappa shape index (κ1) is 27.8. The van der Waals surface area contributed by atoms with Crippen LogP contribution in [0.3, 0.4) is 0 Å². The number of para-hydroxylation sites is 1. The van der Waals surface area contributed by atoms with Crippen molar-refractivity contribution in [3.8, 4) is 6.07 Å². The molecule has 1 aromatic heterocycles. The van der Waals surface area contributed by atoms with Crippen LogP contribution in [0, 0.1) is 28.5 Å². The molecule has 1 fully saturated rings. The molecule has 4 rings (SSSR count). The molecule has 0 radical (unpaired) electrons. The van der Waals surface area contributed by atoms with Gasteiger partial charge in [0.15, 0.2) is 5.69 Å². The number of fused-ring (bicyclic) bond motifs is 1. The van der Waals surface area contributed by atoms with E-state index in [0.29, 0.717) is 35.9 Å². The van der Waals surface area contributed by atoms with Crippen molar-refractivity contribution in [2.45, 2.75) is 59.2 Å². The molecule has 2 amide bonds. The molecule has 2 N–H and O–H groups in total. The fourth-order valence-electron chi connectivity index (χ4n) is 4.67. The molecule has 1 aliphatic carbocycles. The number of esters is 1. The zero-order chi connectivity index (χ0) is 28.3. The van der Waals surface area contributed by atoms with Gasteiger partial charge in [0.2, 0.25) is 5.91 Å². The minimum Gasteiger partial charge on any atom is -0.466 e. The number of nitriles is 1. The minimum atomic E-state index is -0.869. The lowest BCUT2D eigenvalue weighted by molar-refractivity contribution is -0.152. The van der Waals surface area contributed by atoms with Crippen LogP contribution in [0.1, 0.15) is 62.2 Å². The number of hydrogen-bond donors (Lipinski definition) is 2. The summed E-state index contributed by atoms with van der Waals surface area (Å²) in [5.74, 6) is -1.89. The highest BCUT2D eigenvalue weighted by atomic mass is 19.1. The standard InChI is InChI=1S/C29H32FN5O4/c1-5-39-28(38)19-13-20(14-19)32-27(37)25(29(2,3)4)33-26(36)24-21-8-6-7-9-23(21)35(34-24)16-18-11-10-17(15-31)12-22(18)30/h6-12,19-20,25H,5,13-14,16H2,1-4H3,(H,32,37)(H,33,36). The zero-order valence-electron chi connectivity index (χ0n) is 22.5. The van der Waals surface area contributed by atoms with E-state index in [2.05, 4.69) is 15.7 Å². The Morgan fingerprint density at radius 1 is 1.21 bits per heavy atom. The lowest BCUT2D eigenvalue weighted by Gasteiger charge is -2.37. The number of aromatic nitrogens is 2. The average Bonchev–Trinajstić information content (AvgIpc) is 3.23. The molecule has 9 nitrogen and oxygen atoms in total. The molecule has 0 aliphatic heterocycles. The highest BCUT2D eigenvalue weighted by Crippen LogP contribution is 2.30. The lowest BCUT2D eigenvalue weighted by Crippen LogP contribution is -2.57. The monoisotopic (exact) mass is 533 g/mol. The van der Waals surface area contributed by atoms with Crippen molar-refractivity contribution < 1.29 is 23.5 Å². The van der Waals surface area contributed by atoms with Gasteiger partial charge < -0.3 is 15.4 Å². The number of carbonyl (C=O) groups excluding carboxylic acids is 3. The number of nitrogens with zero attached hydrogens (tertiary/aromatic N) is 3. The van der Waals surface area contributed by atoms with Crippen LogP contribution in [0.25, 0.3) is 10.9 Å². The Balaban J connectivity index is 1.52. The van der Waals surface area contributed by atoms with Crippen LogP contribution in [-0.4, -0.2) is 46.3 Å². The van der Waals surface area contributed by atoms with Crippen molar-refractivity contribution in [1.82, 2.24) is 20.4 Å². The van der Waals surface area contributed by atoms with Crippen LogP contribution < -0.4 is 10.6 Å². The normalized spacial score (nSPS) is 17.5. The van der Waals surface area contributed by atoms with Gasteiger partial charge in [-0.25, -0.2) is 4.39 Å². The minimum absolute atomic E-state index is 0.0534. The highest BCUT2D eigenvalue weighted by Gasteiger charge is 2.40. The van der Waals surface area contributed by atoms with Gasteiger partial charge in [0.1, 0.15) is 11.9 Å². The van der Waals surface area contributed by atoms with Gasteiger partial charge >= 0.3 is 5.97 Å². The molecule has 2 aromatic carbocycles. The van der Waals surface area contributed by atoms with E-state index in [1.807, 2.05) is 26.8 Å². The molecule has 1 atom stereocenters. The predicted molar refractivity (Wildman–Crippen MR) is 142 cm³/mol. The summed E-state index contributed by atoms with van der Waals surface area (Å²) in [5.41, 5.74) is 0.665. The van der Waals surface area contributed by atoms with Crippen molar-refractivity contribution in [3.63, 3.8) is 0 Å². The van der Waals surface area contributed by atoms with E-state index in [1.54, 1.807) is 31.2 Å². The molecule has 1 unspecified atom stereocenters. The lowest BCUT2D eigenvalue weighted by atomic mass is 9.79. The molecule has 39 heavy (non-hydrogen) atoms. The molecular formula is C29H32FN5O4. The van der Waals surface area contributed by atoms with Gasteiger partial charge in [0.05, 0.1) is 36.2 Å². The number of carbonyl (C=O) groups is 3. The summed E-state index contributed by atoms with van der Waals surface area (Å²) < 4.78 is 21.2. The van der Waals surface area contributed by atoms with Crippen LogP contribution in [0.4, 0.5) is 4.39 Å². The number of rotatable bonds is 8. The summed E-state index contributed by atoms with van der Waals surface area (Å²) in [7, 11) is 0. The van der Waals surface area contributed by atoms with E-state index in [9.17, 15) is 18.8 Å². The van der Waals surface area contributed by atoms with Gasteiger partial charge in [-0.1, -0.05) is 45.0 Å². The highest BCUT2D eigenvalue weighted by molar-refractivity contribution is 6.06. The Morgan fingerprint density at radius 3 is 2.56 bits per heavy atom. The second kappa shape index (κ2) is 11.2. The van der Waals surface area contributed by atoms with Crippen molar-refractivity contribution in [2.75, 3.05) is 6.61 Å². The molecule has 204 valence electrons. The fraction of sp³-hybridized carbons (Fsp3) is 0.414. The van der Waals surface area contributed by atoms with E-state index >= 15 is 0 Å². The molecule has 0 spiro atoms. The van der Waals surface area contributed by atoms with E-state index < -0.39 is 23.2 Å². The summed E-state index contributed by atoms with van der Waals surface area (Å²) >= 11 is 0. The van der Waals surface area contributed by atoms with Gasteiger partial charge in [-0.05, 0) is 43.4 Å². The molecule has 10 heteroatoms. The third-order valence-corrected chi connectivity index (χ3v) is 6.88. The number of hydrogen-bond acceptors (Lipinski definition) is 6. The average molecular weight is 534 g/mol. The van der Waals surface area contributed by atoms with E-state index in [-0.39, 0.29) is 41.6 Å². The number of nitrogens with one attached hydrogen (secondary N) is 2. The first-order chi connectivity index (χ1) is 18.5. The summed E-state index contributed by atoms with van der Waals surface area (Å²) in [6, 6.07) is 12.2. The topological polar surface area (TPSA) is 126 Å². The molecular weight excluding hydrogens is 501 g/mol. The Labute approximate surface area is 226 Å². The number of amides is 2. The Morgan fingerprint density at radius 2 is 1.92 bits per heavy atom. The van der Waals surface area contributed by atoms with E-state index in [4.69, 9.17) is 10.00 Å². The fourth-order valence-corrected chi connectivity index (χ4v) is 4.67. The quantitative estimate of drug-likeness (QED) is 0.425. The molecule has 0 bridgehead atoms.